The molecule has 0 saturated heterocycles. The lowest BCUT2D eigenvalue weighted by Gasteiger charge is -2.14. The molecule has 1 aromatic carbocycles. The molecule has 0 aliphatic rings. The highest BCUT2D eigenvalue weighted by Gasteiger charge is 2.21. The number of rotatable bonds is 4. The Morgan fingerprint density at radius 3 is 2.55 bits per heavy atom. The van der Waals surface area contributed by atoms with Gasteiger partial charge < -0.3 is 5.73 Å². The van der Waals surface area contributed by atoms with Crippen LogP contribution in [0.25, 0.3) is 0 Å². The number of para-hydroxylation sites is 1. The summed E-state index contributed by atoms with van der Waals surface area (Å²) in [4.78, 5) is 1.02. The first-order chi connectivity index (χ1) is 9.31. The lowest BCUT2D eigenvalue weighted by atomic mass is 10.1. The molecule has 0 aliphatic carbocycles. The molecule has 0 saturated carbocycles. The number of nitrogens with one attached hydrogen (secondary N) is 1. The fourth-order valence-corrected chi connectivity index (χ4v) is 5.39. The van der Waals surface area contributed by atoms with Crippen molar-refractivity contribution in [3.63, 3.8) is 0 Å². The molecule has 3 N–H and O–H groups in total. The molecule has 1 aromatic heterocycles. The van der Waals surface area contributed by atoms with E-state index in [-0.39, 0.29) is 10.9 Å². The molecule has 0 fully saturated rings. The fraction of sp³-hybridized carbons (Fsp3) is 0.231. The third kappa shape index (κ3) is 3.22. The zero-order chi connectivity index (χ0) is 14.9. The van der Waals surface area contributed by atoms with Crippen LogP contribution in [0.3, 0.4) is 0 Å². The zero-order valence-corrected chi connectivity index (χ0v) is 14.3. The van der Waals surface area contributed by atoms with Gasteiger partial charge >= 0.3 is 0 Å². The number of aryl methyl sites for hydroxylation is 1. The van der Waals surface area contributed by atoms with Crippen LogP contribution in [0, 0.1) is 6.92 Å². The Balaban J connectivity index is 2.41. The average molecular weight is 375 g/mol. The van der Waals surface area contributed by atoms with E-state index in [1.807, 2.05) is 19.1 Å². The molecule has 0 bridgehead atoms. The van der Waals surface area contributed by atoms with Crippen LogP contribution in [-0.4, -0.2) is 8.42 Å². The third-order valence-corrected chi connectivity index (χ3v) is 6.00. The summed E-state index contributed by atoms with van der Waals surface area (Å²) in [5.41, 5.74) is 7.15. The largest absolute Gasteiger partial charge is 0.324 e. The van der Waals surface area contributed by atoms with Gasteiger partial charge in [-0.05, 0) is 47.5 Å². The Morgan fingerprint density at radius 2 is 2.00 bits per heavy atom. The van der Waals surface area contributed by atoms with Crippen LogP contribution in [0.2, 0.25) is 0 Å². The lowest BCUT2D eigenvalue weighted by molar-refractivity contribution is 0.601. The summed E-state index contributed by atoms with van der Waals surface area (Å²) >= 11 is 4.69. The maximum atomic E-state index is 12.4. The van der Waals surface area contributed by atoms with E-state index in [4.69, 9.17) is 5.73 Å². The molecule has 0 aliphatic heterocycles. The second kappa shape index (κ2) is 5.85. The molecule has 0 radical (unpaired) electrons. The topological polar surface area (TPSA) is 72.2 Å². The van der Waals surface area contributed by atoms with Gasteiger partial charge in [0.15, 0.2) is 0 Å². The van der Waals surface area contributed by atoms with Crippen molar-refractivity contribution < 1.29 is 8.42 Å². The molecule has 108 valence electrons. The van der Waals surface area contributed by atoms with Gasteiger partial charge in [0, 0.05) is 10.9 Å². The Morgan fingerprint density at radius 1 is 1.35 bits per heavy atom. The predicted octanol–water partition coefficient (Wildman–Crippen LogP) is 3.64. The highest BCUT2D eigenvalue weighted by atomic mass is 79.9. The van der Waals surface area contributed by atoms with Crippen molar-refractivity contribution in [1.82, 2.24) is 0 Å². The Kier molecular flexibility index (Phi) is 4.53. The first kappa shape index (κ1) is 15.5. The molecule has 1 heterocycles. The SMILES string of the molecule is Cc1sc(Br)cc1S(=O)(=O)Nc1ccccc1C(C)N. The molecule has 0 spiro atoms. The van der Waals surface area contributed by atoms with Crippen LogP contribution in [-0.2, 0) is 10.0 Å². The molecule has 2 rings (SSSR count). The standard InChI is InChI=1S/C13H15BrN2O2S2/c1-8(15)10-5-3-4-6-11(10)16-20(17,18)12-7-13(14)19-9(12)2/h3-8,16H,15H2,1-2H3. The Labute approximate surface area is 131 Å². The average Bonchev–Trinajstić information content (AvgIpc) is 2.69. The van der Waals surface area contributed by atoms with Gasteiger partial charge in [0.05, 0.1) is 9.47 Å². The van der Waals surface area contributed by atoms with Crippen LogP contribution < -0.4 is 10.5 Å². The van der Waals surface area contributed by atoms with Crippen molar-refractivity contribution in [2.45, 2.75) is 24.8 Å². The number of halogens is 1. The van der Waals surface area contributed by atoms with Gasteiger partial charge in [-0.1, -0.05) is 18.2 Å². The summed E-state index contributed by atoms with van der Waals surface area (Å²) in [7, 11) is -3.60. The monoisotopic (exact) mass is 374 g/mol. The van der Waals surface area contributed by atoms with Crippen molar-refractivity contribution in [3.05, 3.63) is 44.6 Å². The zero-order valence-electron chi connectivity index (χ0n) is 11.1. The van der Waals surface area contributed by atoms with Gasteiger partial charge in [-0.3, -0.25) is 4.72 Å². The van der Waals surface area contributed by atoms with Crippen LogP contribution in [0.4, 0.5) is 5.69 Å². The summed E-state index contributed by atoms with van der Waals surface area (Å²) < 4.78 is 28.3. The van der Waals surface area contributed by atoms with E-state index in [1.54, 1.807) is 25.1 Å². The summed E-state index contributed by atoms with van der Waals surface area (Å²) in [6.07, 6.45) is 0. The second-order valence-electron chi connectivity index (χ2n) is 4.45. The van der Waals surface area contributed by atoms with Crippen molar-refractivity contribution in [1.29, 1.82) is 0 Å². The van der Waals surface area contributed by atoms with E-state index >= 15 is 0 Å². The van der Waals surface area contributed by atoms with E-state index in [9.17, 15) is 8.42 Å². The summed E-state index contributed by atoms with van der Waals surface area (Å²) in [6, 6.07) is 8.51. The minimum absolute atomic E-state index is 0.246. The molecular weight excluding hydrogens is 360 g/mol. The van der Waals surface area contributed by atoms with E-state index in [0.29, 0.717) is 5.69 Å². The van der Waals surface area contributed by atoms with Gasteiger partial charge in [0.25, 0.3) is 10.0 Å². The van der Waals surface area contributed by atoms with E-state index in [1.165, 1.54) is 11.3 Å². The minimum Gasteiger partial charge on any atom is -0.324 e. The molecule has 20 heavy (non-hydrogen) atoms. The van der Waals surface area contributed by atoms with Gasteiger partial charge in [-0.25, -0.2) is 8.42 Å². The number of sulfonamides is 1. The predicted molar refractivity (Wildman–Crippen MR) is 86.6 cm³/mol. The third-order valence-electron chi connectivity index (χ3n) is 2.83. The van der Waals surface area contributed by atoms with Crippen LogP contribution >= 0.6 is 27.3 Å². The van der Waals surface area contributed by atoms with Crippen molar-refractivity contribution in [2.75, 3.05) is 4.72 Å². The number of hydrogen-bond acceptors (Lipinski definition) is 4. The highest BCUT2D eigenvalue weighted by molar-refractivity contribution is 9.11. The molecule has 4 nitrogen and oxygen atoms in total. The van der Waals surface area contributed by atoms with Gasteiger partial charge in [-0.15, -0.1) is 11.3 Å². The maximum Gasteiger partial charge on any atom is 0.263 e. The lowest BCUT2D eigenvalue weighted by Crippen LogP contribution is -2.16. The minimum atomic E-state index is -3.60. The number of thiophene rings is 1. The second-order valence-corrected chi connectivity index (χ2v) is 8.74. The maximum absolute atomic E-state index is 12.4. The van der Waals surface area contributed by atoms with Crippen molar-refractivity contribution >= 4 is 43.0 Å². The molecular formula is C13H15BrN2O2S2. The van der Waals surface area contributed by atoms with Crippen LogP contribution in [0.1, 0.15) is 23.4 Å². The fourth-order valence-electron chi connectivity index (χ4n) is 1.88. The molecule has 1 atom stereocenters. The van der Waals surface area contributed by atoms with Crippen molar-refractivity contribution in [3.8, 4) is 0 Å². The summed E-state index contributed by atoms with van der Waals surface area (Å²) in [5.74, 6) is 0. The first-order valence-electron chi connectivity index (χ1n) is 5.94. The van der Waals surface area contributed by atoms with Gasteiger partial charge in [0.2, 0.25) is 0 Å². The van der Waals surface area contributed by atoms with Gasteiger partial charge in [0.1, 0.15) is 4.90 Å². The van der Waals surface area contributed by atoms with Gasteiger partial charge in [-0.2, -0.15) is 0 Å². The highest BCUT2D eigenvalue weighted by Crippen LogP contribution is 2.31. The number of benzene rings is 1. The smallest absolute Gasteiger partial charge is 0.263 e. The van der Waals surface area contributed by atoms with E-state index < -0.39 is 10.0 Å². The molecule has 0 amide bonds. The quantitative estimate of drug-likeness (QED) is 0.857. The normalized spacial score (nSPS) is 13.2. The van der Waals surface area contributed by atoms with E-state index in [2.05, 4.69) is 20.7 Å². The Hall–Kier alpha value is -0.890. The first-order valence-corrected chi connectivity index (χ1v) is 9.04. The molecule has 1 unspecified atom stereocenters. The summed E-state index contributed by atoms with van der Waals surface area (Å²) in [5, 5.41) is 0. The number of hydrogen-bond donors (Lipinski definition) is 2. The van der Waals surface area contributed by atoms with Crippen LogP contribution in [0.5, 0.6) is 0 Å². The van der Waals surface area contributed by atoms with E-state index in [0.717, 1.165) is 14.2 Å². The molecule has 7 heteroatoms. The molecule has 2 aromatic rings. The number of nitrogens with two attached hydrogens (primary N) is 1. The van der Waals surface area contributed by atoms with Crippen LogP contribution in [0.15, 0.2) is 39.0 Å². The van der Waals surface area contributed by atoms with Crippen molar-refractivity contribution in [2.24, 2.45) is 5.73 Å². The number of anilines is 1. The summed E-state index contributed by atoms with van der Waals surface area (Å²) in [6.45, 7) is 3.60. The Bertz CT molecular complexity index is 724.